The van der Waals surface area contributed by atoms with E-state index < -0.39 is 0 Å². The molecule has 0 fully saturated rings. The first-order valence-corrected chi connectivity index (χ1v) is 20.3. The molecule has 57 heavy (non-hydrogen) atoms. The third kappa shape index (κ3) is 5.63. The Morgan fingerprint density at radius 3 is 1.75 bits per heavy atom. The Bertz CT molecular complexity index is 3230. The van der Waals surface area contributed by atoms with E-state index in [2.05, 4.69) is 228 Å². The van der Waals surface area contributed by atoms with Crippen LogP contribution in [0.1, 0.15) is 0 Å². The van der Waals surface area contributed by atoms with E-state index in [1.807, 2.05) is 11.3 Å². The predicted molar refractivity (Wildman–Crippen MR) is 245 cm³/mol. The molecule has 0 radical (unpaired) electrons. The van der Waals surface area contributed by atoms with Crippen LogP contribution in [0.15, 0.2) is 218 Å². The maximum Gasteiger partial charge on any atom is 0.0562 e. The van der Waals surface area contributed by atoms with Crippen molar-refractivity contribution in [1.82, 2.24) is 4.57 Å². The smallest absolute Gasteiger partial charge is 0.0562 e. The SMILES string of the molecule is c1ccc(-c2ccc(N(c3ccccc3-c3ccc4sc5ccccc5c4c3)c3cccc4c3c3ccccc3n4-c3ccccc3-c3ccccc3)cc2)cc1. The number of benzene rings is 9. The summed E-state index contributed by atoms with van der Waals surface area (Å²) >= 11 is 1.86. The standard InChI is InChI=1S/C54H36N2S/c1-3-16-37(17-4-1)38-30-33-41(34-31-38)55(47-24-11-8-21-43(47)40-32-35-53-46(36-40)44-22-10-14-29-52(44)57-53)50-27-15-28-51-54(50)45-23-9-13-26-49(45)56(51)48-25-12-7-20-42(48)39-18-5-2-6-19-39/h1-36H. The Balaban J connectivity index is 1.18. The van der Waals surface area contributed by atoms with Crippen molar-refractivity contribution in [3.05, 3.63) is 218 Å². The van der Waals surface area contributed by atoms with Crippen molar-refractivity contribution in [2.75, 3.05) is 4.90 Å². The largest absolute Gasteiger partial charge is 0.309 e. The van der Waals surface area contributed by atoms with Gasteiger partial charge < -0.3 is 9.47 Å². The monoisotopic (exact) mass is 744 g/mol. The molecule has 0 unspecified atom stereocenters. The minimum absolute atomic E-state index is 1.10. The van der Waals surface area contributed by atoms with Gasteiger partial charge in [-0.2, -0.15) is 0 Å². The molecule has 2 heterocycles. The fourth-order valence-corrected chi connectivity index (χ4v) is 9.71. The molecule has 2 aromatic heterocycles. The molecule has 9 aromatic carbocycles. The van der Waals surface area contributed by atoms with E-state index in [9.17, 15) is 0 Å². The number of thiophene rings is 1. The van der Waals surface area contributed by atoms with E-state index in [0.29, 0.717) is 0 Å². The van der Waals surface area contributed by atoms with Gasteiger partial charge in [-0.15, -0.1) is 11.3 Å². The first-order valence-electron chi connectivity index (χ1n) is 19.4. The van der Waals surface area contributed by atoms with Gasteiger partial charge in [0.25, 0.3) is 0 Å². The van der Waals surface area contributed by atoms with Crippen LogP contribution in [0.4, 0.5) is 17.1 Å². The minimum Gasteiger partial charge on any atom is -0.309 e. The van der Waals surface area contributed by atoms with Gasteiger partial charge in [-0.25, -0.2) is 0 Å². The molecule has 0 saturated heterocycles. The van der Waals surface area contributed by atoms with Crippen molar-refractivity contribution in [3.63, 3.8) is 0 Å². The lowest BCUT2D eigenvalue weighted by Gasteiger charge is -2.29. The highest BCUT2D eigenvalue weighted by Crippen LogP contribution is 2.48. The van der Waals surface area contributed by atoms with Gasteiger partial charge >= 0.3 is 0 Å². The molecule has 3 heteroatoms. The van der Waals surface area contributed by atoms with Crippen LogP contribution in [0.2, 0.25) is 0 Å². The van der Waals surface area contributed by atoms with Crippen molar-refractivity contribution in [2.45, 2.75) is 0 Å². The van der Waals surface area contributed by atoms with Gasteiger partial charge in [0.2, 0.25) is 0 Å². The zero-order chi connectivity index (χ0) is 37.7. The summed E-state index contributed by atoms with van der Waals surface area (Å²) in [5, 5.41) is 5.01. The van der Waals surface area contributed by atoms with Gasteiger partial charge in [0, 0.05) is 47.8 Å². The second-order valence-electron chi connectivity index (χ2n) is 14.5. The summed E-state index contributed by atoms with van der Waals surface area (Å²) < 4.78 is 5.07. The van der Waals surface area contributed by atoms with Crippen molar-refractivity contribution in [2.24, 2.45) is 0 Å². The Kier molecular flexibility index (Phi) is 8.04. The number of hydrogen-bond donors (Lipinski definition) is 0. The quantitative estimate of drug-likeness (QED) is 0.158. The Morgan fingerprint density at radius 2 is 0.930 bits per heavy atom. The molecule has 0 aliphatic carbocycles. The van der Waals surface area contributed by atoms with Gasteiger partial charge in [0.15, 0.2) is 0 Å². The molecule has 0 saturated carbocycles. The van der Waals surface area contributed by atoms with Gasteiger partial charge in [0.05, 0.1) is 28.1 Å². The van der Waals surface area contributed by atoms with Crippen LogP contribution in [0, 0.1) is 0 Å². The molecule has 2 nitrogen and oxygen atoms in total. The fourth-order valence-electron chi connectivity index (χ4n) is 8.62. The van der Waals surface area contributed by atoms with Crippen molar-refractivity contribution in [1.29, 1.82) is 0 Å². The lowest BCUT2D eigenvalue weighted by atomic mass is 9.98. The molecule has 11 rings (SSSR count). The van der Waals surface area contributed by atoms with E-state index in [0.717, 1.165) is 28.3 Å². The van der Waals surface area contributed by atoms with E-state index in [1.54, 1.807) is 0 Å². The van der Waals surface area contributed by atoms with Gasteiger partial charge in [0.1, 0.15) is 0 Å². The van der Waals surface area contributed by atoms with Crippen LogP contribution in [0.5, 0.6) is 0 Å². The molecule has 0 amide bonds. The Hall–Kier alpha value is -7.20. The zero-order valence-corrected chi connectivity index (χ0v) is 31.9. The second-order valence-corrected chi connectivity index (χ2v) is 15.6. The Morgan fingerprint density at radius 1 is 0.351 bits per heavy atom. The number of aromatic nitrogens is 1. The molecule has 0 N–H and O–H groups in total. The van der Waals surface area contributed by atoms with Crippen LogP contribution >= 0.6 is 11.3 Å². The highest BCUT2D eigenvalue weighted by Gasteiger charge is 2.24. The molecule has 0 atom stereocenters. The highest BCUT2D eigenvalue weighted by molar-refractivity contribution is 7.25. The lowest BCUT2D eigenvalue weighted by molar-refractivity contribution is 1.18. The molecular formula is C54H36N2S. The van der Waals surface area contributed by atoms with Crippen molar-refractivity contribution in [3.8, 4) is 39.1 Å². The number of rotatable bonds is 7. The summed E-state index contributed by atoms with van der Waals surface area (Å²) in [7, 11) is 0. The third-order valence-corrected chi connectivity index (χ3v) is 12.4. The number of hydrogen-bond acceptors (Lipinski definition) is 2. The first kappa shape index (κ1) is 33.2. The maximum atomic E-state index is 2.47. The number of anilines is 3. The number of para-hydroxylation sites is 3. The molecular weight excluding hydrogens is 709 g/mol. The van der Waals surface area contributed by atoms with Gasteiger partial charge in [-0.3, -0.25) is 0 Å². The molecule has 0 bridgehead atoms. The lowest BCUT2D eigenvalue weighted by Crippen LogP contribution is -2.11. The third-order valence-electron chi connectivity index (χ3n) is 11.2. The van der Waals surface area contributed by atoms with Gasteiger partial charge in [-0.05, 0) is 82.9 Å². The minimum atomic E-state index is 1.10. The molecule has 0 spiro atoms. The molecule has 11 aromatic rings. The fraction of sp³-hybridized carbons (Fsp3) is 0. The zero-order valence-electron chi connectivity index (χ0n) is 31.1. The highest BCUT2D eigenvalue weighted by atomic mass is 32.1. The summed E-state index contributed by atoms with van der Waals surface area (Å²) in [4.78, 5) is 2.47. The predicted octanol–water partition coefficient (Wildman–Crippen LogP) is 15.6. The van der Waals surface area contributed by atoms with E-state index in [4.69, 9.17) is 0 Å². The van der Waals surface area contributed by atoms with Crippen LogP contribution in [-0.2, 0) is 0 Å². The van der Waals surface area contributed by atoms with E-state index >= 15 is 0 Å². The maximum absolute atomic E-state index is 2.47. The first-order chi connectivity index (χ1) is 28.3. The topological polar surface area (TPSA) is 8.17 Å². The number of fused-ring (bicyclic) bond motifs is 6. The Labute approximate surface area is 335 Å². The molecule has 0 aliphatic rings. The van der Waals surface area contributed by atoms with Crippen LogP contribution < -0.4 is 4.90 Å². The van der Waals surface area contributed by atoms with Crippen LogP contribution in [0.25, 0.3) is 81.0 Å². The normalized spacial score (nSPS) is 11.5. The molecule has 0 aliphatic heterocycles. The second kappa shape index (κ2) is 13.8. The van der Waals surface area contributed by atoms with Gasteiger partial charge in [-0.1, -0.05) is 158 Å². The average molecular weight is 745 g/mol. The molecule has 268 valence electrons. The van der Waals surface area contributed by atoms with E-state index in [-0.39, 0.29) is 0 Å². The van der Waals surface area contributed by atoms with E-state index in [1.165, 1.54) is 69.8 Å². The average Bonchev–Trinajstić information content (AvgIpc) is 3.83. The summed E-state index contributed by atoms with van der Waals surface area (Å²) in [6, 6.07) is 79.4. The van der Waals surface area contributed by atoms with Crippen molar-refractivity contribution < 1.29 is 0 Å². The summed E-state index contributed by atoms with van der Waals surface area (Å²) in [6.07, 6.45) is 0. The van der Waals surface area contributed by atoms with Crippen LogP contribution in [-0.4, -0.2) is 4.57 Å². The number of nitrogens with zero attached hydrogens (tertiary/aromatic N) is 2. The van der Waals surface area contributed by atoms with Crippen LogP contribution in [0.3, 0.4) is 0 Å². The van der Waals surface area contributed by atoms with Crippen molar-refractivity contribution >= 4 is 70.4 Å². The summed E-state index contributed by atoms with van der Waals surface area (Å²) in [6.45, 7) is 0. The summed E-state index contributed by atoms with van der Waals surface area (Å²) in [5.74, 6) is 0. The summed E-state index contributed by atoms with van der Waals surface area (Å²) in [5.41, 5.74) is 14.0.